The Morgan fingerprint density at radius 2 is 1.72 bits per heavy atom. The number of benzene rings is 3. The molecule has 0 saturated heterocycles. The van der Waals surface area contributed by atoms with Crippen LogP contribution >= 0.6 is 0 Å². The van der Waals surface area contributed by atoms with E-state index < -0.39 is 0 Å². The quantitative estimate of drug-likeness (QED) is 0.314. The lowest BCUT2D eigenvalue weighted by molar-refractivity contribution is 0.207. The topological polar surface area (TPSA) is 89.7 Å². The standard InChI is InChI=1S/C28H30N4O4/c1-4-20-11-8-12-23(17-20)29-28(33)32(19-21-9-6-5-7-10-21)16-15-26-30-27(31-36-26)22-13-14-24(34-2)25(18-22)35-3/h5-14,17-18H,4,15-16,19H2,1-3H3,(H,29,33). The summed E-state index contributed by atoms with van der Waals surface area (Å²) in [5.74, 6) is 2.09. The van der Waals surface area contributed by atoms with Crippen molar-refractivity contribution in [1.82, 2.24) is 15.0 Å². The van der Waals surface area contributed by atoms with Crippen molar-refractivity contribution in [2.45, 2.75) is 26.3 Å². The number of carbonyl (C=O) groups is 1. The highest BCUT2D eigenvalue weighted by molar-refractivity contribution is 5.89. The summed E-state index contributed by atoms with van der Waals surface area (Å²) in [6, 6.07) is 23.0. The number of amides is 2. The van der Waals surface area contributed by atoms with Crippen LogP contribution in [-0.4, -0.2) is 41.8 Å². The Morgan fingerprint density at radius 3 is 2.47 bits per heavy atom. The molecular weight excluding hydrogens is 456 g/mol. The molecule has 1 N–H and O–H groups in total. The van der Waals surface area contributed by atoms with Gasteiger partial charge in [-0.05, 0) is 47.9 Å². The predicted octanol–water partition coefficient (Wildman–Crippen LogP) is 5.59. The normalized spacial score (nSPS) is 10.6. The number of aromatic nitrogens is 2. The van der Waals surface area contributed by atoms with Gasteiger partial charge in [-0.1, -0.05) is 54.5 Å². The largest absolute Gasteiger partial charge is 0.493 e. The lowest BCUT2D eigenvalue weighted by Gasteiger charge is -2.23. The van der Waals surface area contributed by atoms with Gasteiger partial charge in [0.05, 0.1) is 14.2 Å². The molecule has 4 rings (SSSR count). The van der Waals surface area contributed by atoms with Crippen LogP contribution in [0.1, 0.15) is 23.9 Å². The second-order valence-corrected chi connectivity index (χ2v) is 8.22. The van der Waals surface area contributed by atoms with Gasteiger partial charge in [-0.25, -0.2) is 4.79 Å². The Balaban J connectivity index is 1.48. The van der Waals surface area contributed by atoms with Crippen LogP contribution < -0.4 is 14.8 Å². The maximum Gasteiger partial charge on any atom is 0.322 e. The van der Waals surface area contributed by atoms with Crippen molar-refractivity contribution in [3.63, 3.8) is 0 Å². The lowest BCUT2D eigenvalue weighted by atomic mass is 10.1. The minimum absolute atomic E-state index is 0.188. The summed E-state index contributed by atoms with van der Waals surface area (Å²) in [6.07, 6.45) is 1.31. The van der Waals surface area contributed by atoms with Crippen LogP contribution in [0.2, 0.25) is 0 Å². The van der Waals surface area contributed by atoms with Crippen LogP contribution in [0.25, 0.3) is 11.4 Å². The SMILES string of the molecule is CCc1cccc(NC(=O)N(CCc2nc(-c3ccc(OC)c(OC)c3)no2)Cc2ccccc2)c1. The Hall–Kier alpha value is -4.33. The number of anilines is 1. The monoisotopic (exact) mass is 486 g/mol. The molecule has 0 fully saturated rings. The molecule has 0 atom stereocenters. The van der Waals surface area contributed by atoms with Crippen LogP contribution in [0.3, 0.4) is 0 Å². The summed E-state index contributed by atoms with van der Waals surface area (Å²) in [4.78, 5) is 19.5. The van der Waals surface area contributed by atoms with Crippen molar-refractivity contribution in [1.29, 1.82) is 0 Å². The first-order valence-electron chi connectivity index (χ1n) is 11.8. The van der Waals surface area contributed by atoms with Gasteiger partial charge in [0.2, 0.25) is 11.7 Å². The van der Waals surface area contributed by atoms with E-state index in [-0.39, 0.29) is 6.03 Å². The number of aryl methyl sites for hydroxylation is 1. The summed E-state index contributed by atoms with van der Waals surface area (Å²) in [7, 11) is 3.16. The number of methoxy groups -OCH3 is 2. The molecule has 2 amide bonds. The molecule has 4 aromatic rings. The molecule has 0 aliphatic carbocycles. The summed E-state index contributed by atoms with van der Waals surface area (Å²) >= 11 is 0. The fourth-order valence-corrected chi connectivity index (χ4v) is 3.81. The number of rotatable bonds is 10. The van der Waals surface area contributed by atoms with Crippen molar-refractivity contribution < 1.29 is 18.8 Å². The van der Waals surface area contributed by atoms with Crippen molar-refractivity contribution in [3.05, 3.63) is 89.8 Å². The van der Waals surface area contributed by atoms with E-state index in [1.54, 1.807) is 31.3 Å². The minimum atomic E-state index is -0.188. The molecule has 186 valence electrons. The molecule has 1 aromatic heterocycles. The van der Waals surface area contributed by atoms with E-state index in [0.29, 0.717) is 42.7 Å². The third-order valence-electron chi connectivity index (χ3n) is 5.80. The van der Waals surface area contributed by atoms with E-state index in [0.717, 1.165) is 28.8 Å². The zero-order chi connectivity index (χ0) is 25.3. The van der Waals surface area contributed by atoms with Crippen molar-refractivity contribution >= 4 is 11.7 Å². The molecule has 0 spiro atoms. The molecule has 0 aliphatic rings. The molecule has 0 unspecified atom stereocenters. The number of carbonyl (C=O) groups excluding carboxylic acids is 1. The molecule has 8 heteroatoms. The number of nitrogens with zero attached hydrogens (tertiary/aromatic N) is 3. The highest BCUT2D eigenvalue weighted by Crippen LogP contribution is 2.31. The van der Waals surface area contributed by atoms with Crippen LogP contribution in [0.4, 0.5) is 10.5 Å². The Bertz CT molecular complexity index is 1290. The molecule has 8 nitrogen and oxygen atoms in total. The molecule has 0 radical (unpaired) electrons. The third kappa shape index (κ3) is 6.21. The number of urea groups is 1. The van der Waals surface area contributed by atoms with Gasteiger partial charge in [-0.2, -0.15) is 4.98 Å². The highest BCUT2D eigenvalue weighted by atomic mass is 16.5. The highest BCUT2D eigenvalue weighted by Gasteiger charge is 2.18. The minimum Gasteiger partial charge on any atom is -0.493 e. The van der Waals surface area contributed by atoms with Crippen LogP contribution in [0.15, 0.2) is 77.3 Å². The summed E-state index contributed by atoms with van der Waals surface area (Å²) in [6.45, 7) is 2.95. The Morgan fingerprint density at radius 1 is 0.944 bits per heavy atom. The van der Waals surface area contributed by atoms with E-state index >= 15 is 0 Å². The first-order valence-corrected chi connectivity index (χ1v) is 11.8. The molecule has 0 aliphatic heterocycles. The van der Waals surface area contributed by atoms with Gasteiger partial charge in [-0.15, -0.1) is 0 Å². The molecule has 36 heavy (non-hydrogen) atoms. The summed E-state index contributed by atoms with van der Waals surface area (Å²) in [5, 5.41) is 7.13. The number of hydrogen-bond donors (Lipinski definition) is 1. The van der Waals surface area contributed by atoms with Gasteiger partial charge in [0, 0.05) is 30.8 Å². The lowest BCUT2D eigenvalue weighted by Crippen LogP contribution is -2.36. The predicted molar refractivity (Wildman–Crippen MR) is 138 cm³/mol. The molecule has 3 aromatic carbocycles. The summed E-state index contributed by atoms with van der Waals surface area (Å²) < 4.78 is 16.1. The number of ether oxygens (including phenoxy) is 2. The van der Waals surface area contributed by atoms with Gasteiger partial charge in [0.25, 0.3) is 0 Å². The van der Waals surface area contributed by atoms with E-state index in [1.807, 2.05) is 60.7 Å². The first-order chi connectivity index (χ1) is 17.6. The maximum absolute atomic E-state index is 13.2. The van der Waals surface area contributed by atoms with E-state index in [4.69, 9.17) is 14.0 Å². The van der Waals surface area contributed by atoms with Crippen molar-refractivity contribution in [3.8, 4) is 22.9 Å². The summed E-state index contributed by atoms with van der Waals surface area (Å²) in [5.41, 5.74) is 3.71. The third-order valence-corrected chi connectivity index (χ3v) is 5.80. The van der Waals surface area contributed by atoms with Crippen molar-refractivity contribution in [2.75, 3.05) is 26.1 Å². The molecule has 1 heterocycles. The van der Waals surface area contributed by atoms with Crippen LogP contribution in [0, 0.1) is 0 Å². The molecular formula is C28H30N4O4. The van der Waals surface area contributed by atoms with Gasteiger partial charge in [0.1, 0.15) is 0 Å². The fourth-order valence-electron chi connectivity index (χ4n) is 3.81. The van der Waals surface area contributed by atoms with E-state index in [1.165, 1.54) is 0 Å². The number of hydrogen-bond acceptors (Lipinski definition) is 6. The first kappa shape index (κ1) is 24.8. The Labute approximate surface area is 210 Å². The second-order valence-electron chi connectivity index (χ2n) is 8.22. The van der Waals surface area contributed by atoms with Gasteiger partial charge < -0.3 is 24.2 Å². The van der Waals surface area contributed by atoms with Crippen LogP contribution in [-0.2, 0) is 19.4 Å². The second kappa shape index (κ2) is 11.9. The van der Waals surface area contributed by atoms with Crippen LogP contribution in [0.5, 0.6) is 11.5 Å². The van der Waals surface area contributed by atoms with Gasteiger partial charge >= 0.3 is 6.03 Å². The Kier molecular flexibility index (Phi) is 8.18. The van der Waals surface area contributed by atoms with Crippen molar-refractivity contribution in [2.24, 2.45) is 0 Å². The average molecular weight is 487 g/mol. The fraction of sp³-hybridized carbons (Fsp3) is 0.250. The van der Waals surface area contributed by atoms with Gasteiger partial charge in [0.15, 0.2) is 11.5 Å². The smallest absolute Gasteiger partial charge is 0.322 e. The molecule has 0 saturated carbocycles. The van der Waals surface area contributed by atoms with E-state index in [2.05, 4.69) is 22.4 Å². The molecule has 0 bridgehead atoms. The zero-order valence-corrected chi connectivity index (χ0v) is 20.7. The maximum atomic E-state index is 13.2. The van der Waals surface area contributed by atoms with E-state index in [9.17, 15) is 4.79 Å². The van der Waals surface area contributed by atoms with Gasteiger partial charge in [-0.3, -0.25) is 0 Å². The number of nitrogens with one attached hydrogen (secondary N) is 1. The zero-order valence-electron chi connectivity index (χ0n) is 20.7. The average Bonchev–Trinajstić information content (AvgIpc) is 3.40.